The van der Waals surface area contributed by atoms with E-state index in [-0.39, 0.29) is 22.8 Å². The Morgan fingerprint density at radius 2 is 2.04 bits per heavy atom. The van der Waals surface area contributed by atoms with Gasteiger partial charge in [0.1, 0.15) is 11.4 Å². The summed E-state index contributed by atoms with van der Waals surface area (Å²) < 4.78 is 6.07. The highest BCUT2D eigenvalue weighted by atomic mass is 16.5. The van der Waals surface area contributed by atoms with Crippen LogP contribution in [0.3, 0.4) is 0 Å². The summed E-state index contributed by atoms with van der Waals surface area (Å²) in [5.41, 5.74) is 2.25. The summed E-state index contributed by atoms with van der Waals surface area (Å²) in [4.78, 5) is 12.5. The summed E-state index contributed by atoms with van der Waals surface area (Å²) in [5, 5.41) is 6.52. The first-order valence-corrected chi connectivity index (χ1v) is 9.06. The van der Waals surface area contributed by atoms with Crippen LogP contribution in [0.25, 0.3) is 0 Å². The maximum Gasteiger partial charge on any atom is 0.223 e. The predicted octanol–water partition coefficient (Wildman–Crippen LogP) is 3.18. The van der Waals surface area contributed by atoms with Crippen LogP contribution in [0.15, 0.2) is 18.2 Å². The van der Waals surface area contributed by atoms with Gasteiger partial charge in [-0.2, -0.15) is 0 Å². The monoisotopic (exact) mass is 330 g/mol. The first kappa shape index (κ1) is 17.3. The van der Waals surface area contributed by atoms with Crippen molar-refractivity contribution in [3.63, 3.8) is 0 Å². The average molecular weight is 330 g/mol. The van der Waals surface area contributed by atoms with E-state index in [1.807, 2.05) is 20.8 Å². The van der Waals surface area contributed by atoms with Gasteiger partial charge in [-0.15, -0.1) is 0 Å². The van der Waals surface area contributed by atoms with Gasteiger partial charge in [0.05, 0.1) is 0 Å². The number of amides is 1. The number of benzene rings is 1. The Balaban J connectivity index is 1.61. The van der Waals surface area contributed by atoms with Crippen LogP contribution in [-0.4, -0.2) is 24.6 Å². The van der Waals surface area contributed by atoms with E-state index >= 15 is 0 Å². The minimum Gasteiger partial charge on any atom is -0.488 e. The number of hydrogen-bond acceptors (Lipinski definition) is 3. The topological polar surface area (TPSA) is 50.4 Å². The van der Waals surface area contributed by atoms with Crippen molar-refractivity contribution in [3.05, 3.63) is 29.3 Å². The number of ether oxygens (including phenoxy) is 1. The van der Waals surface area contributed by atoms with Crippen molar-refractivity contribution < 1.29 is 9.53 Å². The van der Waals surface area contributed by atoms with Gasteiger partial charge >= 0.3 is 0 Å². The summed E-state index contributed by atoms with van der Waals surface area (Å²) in [6, 6.07) is 6.18. The van der Waals surface area contributed by atoms with E-state index in [0.29, 0.717) is 6.54 Å². The number of carbonyl (C=O) groups excluding carboxylic acids is 1. The van der Waals surface area contributed by atoms with E-state index in [9.17, 15) is 4.79 Å². The molecule has 0 bridgehead atoms. The molecule has 0 aromatic heterocycles. The fraction of sp³-hybridized carbons (Fsp3) is 0.650. The largest absolute Gasteiger partial charge is 0.488 e. The van der Waals surface area contributed by atoms with Crippen LogP contribution in [0.4, 0.5) is 0 Å². The first-order chi connectivity index (χ1) is 11.3. The number of rotatable bonds is 4. The molecule has 1 unspecified atom stereocenters. The average Bonchev–Trinajstić information content (AvgIpc) is 3.18. The molecule has 24 heavy (non-hydrogen) atoms. The second-order valence-electron chi connectivity index (χ2n) is 8.41. The summed E-state index contributed by atoms with van der Waals surface area (Å²) in [5.74, 6) is 1.28. The smallest absolute Gasteiger partial charge is 0.223 e. The van der Waals surface area contributed by atoms with E-state index < -0.39 is 0 Å². The van der Waals surface area contributed by atoms with Gasteiger partial charge in [-0.25, -0.2) is 0 Å². The minimum atomic E-state index is -0.248. The van der Waals surface area contributed by atoms with E-state index in [0.717, 1.165) is 43.7 Å². The molecule has 1 aromatic carbocycles. The molecule has 1 aliphatic carbocycles. The fourth-order valence-electron chi connectivity index (χ4n) is 3.73. The van der Waals surface area contributed by atoms with Crippen LogP contribution in [-0.2, 0) is 11.3 Å². The molecule has 1 spiro atoms. The Bertz CT molecular complexity index is 613. The van der Waals surface area contributed by atoms with E-state index in [1.165, 1.54) is 5.56 Å². The van der Waals surface area contributed by atoms with Crippen LogP contribution in [0.2, 0.25) is 0 Å². The standard InChI is InChI=1S/C20H30N2O2/c1-14-5-6-15(17(11-14)24-19(2,3)4)13-22-18(23)16-12-20(16)7-9-21-10-8-20/h5-6,11,16,21H,7-10,12-13H2,1-4H3,(H,22,23). The van der Waals surface area contributed by atoms with E-state index in [1.54, 1.807) is 0 Å². The lowest BCUT2D eigenvalue weighted by molar-refractivity contribution is -0.123. The normalized spacial score (nSPS) is 22.2. The van der Waals surface area contributed by atoms with E-state index in [2.05, 4.69) is 35.8 Å². The van der Waals surface area contributed by atoms with Crippen molar-refractivity contribution >= 4 is 5.91 Å². The Morgan fingerprint density at radius 1 is 1.33 bits per heavy atom. The van der Waals surface area contributed by atoms with Crippen molar-refractivity contribution in [2.24, 2.45) is 11.3 Å². The Hall–Kier alpha value is -1.55. The first-order valence-electron chi connectivity index (χ1n) is 9.06. The molecule has 1 atom stereocenters. The lowest BCUT2D eigenvalue weighted by Crippen LogP contribution is -2.33. The summed E-state index contributed by atoms with van der Waals surface area (Å²) >= 11 is 0. The second-order valence-corrected chi connectivity index (χ2v) is 8.41. The number of piperidine rings is 1. The molecule has 2 N–H and O–H groups in total. The van der Waals surface area contributed by atoms with Crippen molar-refractivity contribution in [1.29, 1.82) is 0 Å². The molecule has 132 valence electrons. The zero-order valence-electron chi connectivity index (χ0n) is 15.4. The molecular formula is C20H30N2O2. The quantitative estimate of drug-likeness (QED) is 0.891. The molecule has 1 saturated carbocycles. The molecule has 0 radical (unpaired) electrons. The second kappa shape index (κ2) is 6.40. The zero-order chi connectivity index (χ0) is 17.4. The van der Waals surface area contributed by atoms with Gasteiger partial charge in [0, 0.05) is 18.0 Å². The summed E-state index contributed by atoms with van der Waals surface area (Å²) in [6.07, 6.45) is 3.32. The molecule has 1 aromatic rings. The Morgan fingerprint density at radius 3 is 2.71 bits per heavy atom. The molecule has 2 fully saturated rings. The Labute approximate surface area is 145 Å². The van der Waals surface area contributed by atoms with Gasteiger partial charge in [0.15, 0.2) is 0 Å². The third kappa shape index (κ3) is 3.92. The molecule has 1 aliphatic heterocycles. The molecule has 1 amide bonds. The molecule has 2 aliphatic rings. The van der Waals surface area contributed by atoms with Crippen molar-refractivity contribution in [2.75, 3.05) is 13.1 Å². The molecule has 1 saturated heterocycles. The number of hydrogen-bond donors (Lipinski definition) is 2. The van der Waals surface area contributed by atoms with Gasteiger partial charge in [-0.05, 0) is 77.1 Å². The lowest BCUT2D eigenvalue weighted by atomic mass is 9.92. The zero-order valence-corrected chi connectivity index (χ0v) is 15.4. The number of aryl methyl sites for hydroxylation is 1. The summed E-state index contributed by atoms with van der Waals surface area (Å²) in [6.45, 7) is 10.8. The predicted molar refractivity (Wildman–Crippen MR) is 96.1 cm³/mol. The summed E-state index contributed by atoms with van der Waals surface area (Å²) in [7, 11) is 0. The van der Waals surface area contributed by atoms with Gasteiger partial charge in [0.25, 0.3) is 0 Å². The highest BCUT2D eigenvalue weighted by molar-refractivity contribution is 5.82. The van der Waals surface area contributed by atoms with Crippen molar-refractivity contribution in [2.45, 2.75) is 59.1 Å². The van der Waals surface area contributed by atoms with Gasteiger partial charge < -0.3 is 15.4 Å². The molecule has 4 heteroatoms. The number of carbonyl (C=O) groups is 1. The van der Waals surface area contributed by atoms with Crippen LogP contribution >= 0.6 is 0 Å². The SMILES string of the molecule is Cc1ccc(CNC(=O)C2CC23CCNCC3)c(OC(C)(C)C)c1. The van der Waals surface area contributed by atoms with Crippen LogP contribution < -0.4 is 15.4 Å². The van der Waals surface area contributed by atoms with E-state index in [4.69, 9.17) is 4.74 Å². The molecule has 4 nitrogen and oxygen atoms in total. The van der Waals surface area contributed by atoms with Gasteiger partial charge in [0.2, 0.25) is 5.91 Å². The highest BCUT2D eigenvalue weighted by Crippen LogP contribution is 2.58. The molecule has 1 heterocycles. The third-order valence-electron chi connectivity index (χ3n) is 5.20. The molecular weight excluding hydrogens is 300 g/mol. The third-order valence-corrected chi connectivity index (χ3v) is 5.20. The molecule has 3 rings (SSSR count). The highest BCUT2D eigenvalue weighted by Gasteiger charge is 2.57. The van der Waals surface area contributed by atoms with Crippen LogP contribution in [0, 0.1) is 18.3 Å². The maximum absolute atomic E-state index is 12.5. The number of nitrogens with one attached hydrogen (secondary N) is 2. The van der Waals surface area contributed by atoms with Gasteiger partial charge in [-0.3, -0.25) is 4.79 Å². The maximum atomic E-state index is 12.5. The van der Waals surface area contributed by atoms with Crippen LogP contribution in [0.5, 0.6) is 5.75 Å². The van der Waals surface area contributed by atoms with Gasteiger partial charge in [-0.1, -0.05) is 12.1 Å². The minimum absolute atomic E-state index is 0.206. The Kier molecular flexibility index (Phi) is 4.60. The lowest BCUT2D eigenvalue weighted by Gasteiger charge is -2.24. The van der Waals surface area contributed by atoms with Crippen molar-refractivity contribution in [1.82, 2.24) is 10.6 Å². The van der Waals surface area contributed by atoms with Crippen LogP contribution in [0.1, 0.15) is 51.2 Å². The fourth-order valence-corrected chi connectivity index (χ4v) is 3.73. The van der Waals surface area contributed by atoms with Crippen molar-refractivity contribution in [3.8, 4) is 5.75 Å².